The summed E-state index contributed by atoms with van der Waals surface area (Å²) in [4.78, 5) is 0. The van der Waals surface area contributed by atoms with E-state index in [9.17, 15) is 48.3 Å². The molecule has 1 nitrogen and oxygen atoms in total. The third-order valence-electron chi connectivity index (χ3n) is 7.44. The maximum atomic E-state index is 14.9. The first-order valence-electron chi connectivity index (χ1n) is 13.4. The smallest absolute Gasteiger partial charge is 0.429 e. The summed E-state index contributed by atoms with van der Waals surface area (Å²) in [7, 11) is 0. The van der Waals surface area contributed by atoms with Crippen molar-refractivity contribution in [2.24, 2.45) is 5.92 Å². The summed E-state index contributed by atoms with van der Waals surface area (Å²) in [6, 6.07) is 2.69. The van der Waals surface area contributed by atoms with Gasteiger partial charge in [-0.15, -0.1) is 0 Å². The molecule has 0 unspecified atom stereocenters. The Morgan fingerprint density at radius 3 is 1.74 bits per heavy atom. The zero-order valence-corrected chi connectivity index (χ0v) is 22.6. The molecule has 1 aliphatic carbocycles. The molecule has 43 heavy (non-hydrogen) atoms. The summed E-state index contributed by atoms with van der Waals surface area (Å²) in [5.41, 5.74) is -4.61. The predicted octanol–water partition coefficient (Wildman–Crippen LogP) is 11.0. The second-order valence-corrected chi connectivity index (χ2v) is 10.5. The predicted molar refractivity (Wildman–Crippen MR) is 137 cm³/mol. The second kappa shape index (κ2) is 12.6. The third-order valence-corrected chi connectivity index (χ3v) is 7.44. The molecule has 232 valence electrons. The minimum Gasteiger partial charge on any atom is -0.429 e. The Labute approximate surface area is 240 Å². The largest absolute Gasteiger partial charge is 0.432 e. The first-order chi connectivity index (χ1) is 20.1. The van der Waals surface area contributed by atoms with Crippen LogP contribution in [0, 0.1) is 40.8 Å². The van der Waals surface area contributed by atoms with Crippen molar-refractivity contribution in [2.45, 2.75) is 63.7 Å². The van der Waals surface area contributed by atoms with Crippen LogP contribution in [0.5, 0.6) is 5.75 Å². The number of hydrogen-bond acceptors (Lipinski definition) is 1. The molecule has 0 aliphatic heterocycles. The highest BCUT2D eigenvalue weighted by molar-refractivity contribution is 5.68. The van der Waals surface area contributed by atoms with Gasteiger partial charge in [0.2, 0.25) is 0 Å². The van der Waals surface area contributed by atoms with Gasteiger partial charge in [0.15, 0.2) is 0 Å². The van der Waals surface area contributed by atoms with E-state index in [4.69, 9.17) is 0 Å². The summed E-state index contributed by atoms with van der Waals surface area (Å²) in [6.45, 7) is 2.06. The molecule has 0 aromatic heterocycles. The van der Waals surface area contributed by atoms with Gasteiger partial charge in [0.05, 0.1) is 5.56 Å². The highest BCUT2D eigenvalue weighted by Gasteiger charge is 2.42. The summed E-state index contributed by atoms with van der Waals surface area (Å²) >= 11 is 0. The molecule has 1 fully saturated rings. The lowest BCUT2D eigenvalue weighted by Gasteiger charge is -2.29. The van der Waals surface area contributed by atoms with Crippen LogP contribution in [-0.2, 0) is 6.11 Å². The Morgan fingerprint density at radius 1 is 0.721 bits per heavy atom. The van der Waals surface area contributed by atoms with E-state index in [1.54, 1.807) is 0 Å². The van der Waals surface area contributed by atoms with Gasteiger partial charge in [0, 0.05) is 23.8 Å². The van der Waals surface area contributed by atoms with Crippen LogP contribution in [0.3, 0.4) is 0 Å². The van der Waals surface area contributed by atoms with Crippen LogP contribution < -0.4 is 4.74 Å². The number of rotatable bonds is 8. The summed E-state index contributed by atoms with van der Waals surface area (Å²) in [6.07, 6.45) is -4.97. The molecule has 0 heterocycles. The van der Waals surface area contributed by atoms with Crippen LogP contribution in [0.4, 0.5) is 48.3 Å². The fraction of sp³-hybridized carbons (Fsp3) is 0.355. The van der Waals surface area contributed by atoms with Crippen molar-refractivity contribution in [2.75, 3.05) is 0 Å². The highest BCUT2D eigenvalue weighted by atomic mass is 19.4. The van der Waals surface area contributed by atoms with Crippen molar-refractivity contribution in [1.82, 2.24) is 0 Å². The zero-order valence-electron chi connectivity index (χ0n) is 22.6. The van der Waals surface area contributed by atoms with Crippen molar-refractivity contribution in [3.05, 3.63) is 94.1 Å². The fourth-order valence-corrected chi connectivity index (χ4v) is 5.45. The van der Waals surface area contributed by atoms with Crippen LogP contribution in [-0.4, -0.2) is 6.18 Å². The van der Waals surface area contributed by atoms with Crippen LogP contribution in [0.2, 0.25) is 0 Å². The van der Waals surface area contributed by atoms with Crippen molar-refractivity contribution in [1.29, 1.82) is 0 Å². The molecule has 0 spiro atoms. The highest BCUT2D eigenvalue weighted by Crippen LogP contribution is 2.42. The van der Waals surface area contributed by atoms with Gasteiger partial charge in [-0.25, -0.2) is 26.3 Å². The van der Waals surface area contributed by atoms with E-state index in [1.807, 2.05) is 0 Å². The Kier molecular flexibility index (Phi) is 9.46. The number of alkyl halides is 5. The van der Waals surface area contributed by atoms with E-state index in [2.05, 4.69) is 11.7 Å². The van der Waals surface area contributed by atoms with Crippen LogP contribution in [0.25, 0.3) is 17.2 Å². The van der Waals surface area contributed by atoms with Crippen LogP contribution >= 0.6 is 0 Å². The standard InChI is InChI=1S/C31H25F11O/c1-2-3-16-4-6-17(7-5-16)18-10-26(36)29(27(37)11-18)31(41,42)43-20-14-24(34)28(25(35)15-20)19-12-22(32)21(23(33)13-19)8-9-30(38,39)40/h8-17H,2-7H2,1H3. The van der Waals surface area contributed by atoms with Gasteiger partial charge in [0.25, 0.3) is 0 Å². The molecule has 0 radical (unpaired) electrons. The van der Waals surface area contributed by atoms with Gasteiger partial charge in [-0.1, -0.05) is 19.8 Å². The Bertz CT molecular complexity index is 1430. The average Bonchev–Trinajstić information content (AvgIpc) is 2.87. The van der Waals surface area contributed by atoms with Gasteiger partial charge in [-0.2, -0.15) is 22.0 Å². The maximum absolute atomic E-state index is 14.9. The molecule has 0 bridgehead atoms. The Hall–Kier alpha value is -3.57. The SMILES string of the molecule is CCCC1CCC(c2cc(F)c(C(F)(F)Oc3cc(F)c(-c4cc(F)c(C=CC(F)(F)F)c(F)c4)c(F)c3)c(F)c2)CC1. The summed E-state index contributed by atoms with van der Waals surface area (Å²) in [5, 5.41) is 0. The number of hydrogen-bond donors (Lipinski definition) is 0. The molecule has 0 amide bonds. The number of ether oxygens (including phenoxy) is 1. The van der Waals surface area contributed by atoms with Gasteiger partial charge in [0.1, 0.15) is 46.2 Å². The monoisotopic (exact) mass is 622 g/mol. The lowest BCUT2D eigenvalue weighted by atomic mass is 9.77. The van der Waals surface area contributed by atoms with Gasteiger partial charge in [-0.3, -0.25) is 0 Å². The molecule has 1 saturated carbocycles. The summed E-state index contributed by atoms with van der Waals surface area (Å²) < 4.78 is 159. The van der Waals surface area contributed by atoms with Crippen molar-refractivity contribution in [3.8, 4) is 16.9 Å². The quantitative estimate of drug-likeness (QED) is 0.227. The normalized spacial score (nSPS) is 18.0. The first kappa shape index (κ1) is 32.3. The maximum Gasteiger partial charge on any atom is 0.432 e. The van der Waals surface area contributed by atoms with Gasteiger partial charge >= 0.3 is 12.3 Å². The number of halogens is 11. The van der Waals surface area contributed by atoms with E-state index in [1.165, 1.54) is 0 Å². The summed E-state index contributed by atoms with van der Waals surface area (Å²) in [5.74, 6) is -10.6. The van der Waals surface area contributed by atoms with Crippen molar-refractivity contribution >= 4 is 6.08 Å². The minimum atomic E-state index is -4.89. The Morgan fingerprint density at radius 2 is 1.26 bits per heavy atom. The van der Waals surface area contributed by atoms with Crippen LogP contribution in [0.15, 0.2) is 42.5 Å². The van der Waals surface area contributed by atoms with E-state index in [0.717, 1.165) is 37.8 Å². The topological polar surface area (TPSA) is 9.23 Å². The van der Waals surface area contributed by atoms with Crippen molar-refractivity contribution in [3.63, 3.8) is 0 Å². The molecule has 3 aromatic rings. The Balaban J connectivity index is 1.58. The average molecular weight is 623 g/mol. The fourth-order valence-electron chi connectivity index (χ4n) is 5.45. The van der Waals surface area contributed by atoms with E-state index in [0.29, 0.717) is 30.9 Å². The molecule has 12 heteroatoms. The second-order valence-electron chi connectivity index (χ2n) is 10.5. The molecular weight excluding hydrogens is 597 g/mol. The molecule has 4 rings (SSSR count). The number of allylic oxidation sites excluding steroid dienone is 1. The molecule has 0 atom stereocenters. The molecule has 0 saturated heterocycles. The molecule has 0 N–H and O–H groups in total. The minimum absolute atomic E-state index is 0.0863. The van der Waals surface area contributed by atoms with Gasteiger partial charge < -0.3 is 4.74 Å². The lowest BCUT2D eigenvalue weighted by molar-refractivity contribution is -0.189. The van der Waals surface area contributed by atoms with E-state index < -0.39 is 81.3 Å². The lowest BCUT2D eigenvalue weighted by Crippen LogP contribution is -2.26. The van der Waals surface area contributed by atoms with E-state index >= 15 is 0 Å². The molecule has 1 aliphatic rings. The third kappa shape index (κ3) is 7.51. The zero-order chi connectivity index (χ0) is 31.7. The van der Waals surface area contributed by atoms with E-state index in [-0.39, 0.29) is 29.7 Å². The molecule has 3 aromatic carbocycles. The van der Waals surface area contributed by atoms with Crippen molar-refractivity contribution < 1.29 is 53.0 Å². The first-order valence-corrected chi connectivity index (χ1v) is 13.4. The van der Waals surface area contributed by atoms with Gasteiger partial charge in [-0.05, 0) is 79.0 Å². The van der Waals surface area contributed by atoms with Crippen LogP contribution in [0.1, 0.15) is 68.1 Å². The number of benzene rings is 3. The molecular formula is C31H25F11O.